The number of nitrogens with zero attached hydrogens (tertiary/aromatic N) is 4. The average molecular weight is 477 g/mol. The largest absolute Gasteiger partial charge is 0.415 e. The van der Waals surface area contributed by atoms with Gasteiger partial charge in [-0.05, 0) is 55.3 Å². The van der Waals surface area contributed by atoms with E-state index in [2.05, 4.69) is 30.2 Å². The summed E-state index contributed by atoms with van der Waals surface area (Å²) in [6.07, 6.45) is 6.27. The Balaban J connectivity index is 1.30. The first kappa shape index (κ1) is 21.7. The minimum Gasteiger partial charge on any atom is -0.415 e. The van der Waals surface area contributed by atoms with Gasteiger partial charge in [-0.15, -0.1) is 10.2 Å². The van der Waals surface area contributed by atoms with Gasteiger partial charge in [0.05, 0.1) is 16.8 Å². The molecule has 10 nitrogen and oxygen atoms in total. The summed E-state index contributed by atoms with van der Waals surface area (Å²) in [5, 5.41) is 10.8. The van der Waals surface area contributed by atoms with E-state index in [1.807, 2.05) is 6.92 Å². The van der Waals surface area contributed by atoms with Gasteiger partial charge in [0, 0.05) is 29.1 Å². The van der Waals surface area contributed by atoms with Crippen molar-refractivity contribution in [1.82, 2.24) is 20.2 Å². The van der Waals surface area contributed by atoms with Crippen molar-refractivity contribution in [3.8, 4) is 23.0 Å². The number of hydrogen-bond donors (Lipinski definition) is 2. The molecule has 5 rings (SSSR count). The van der Waals surface area contributed by atoms with Gasteiger partial charge in [-0.2, -0.15) is 0 Å². The average Bonchev–Trinajstić information content (AvgIpc) is 3.40. The molecule has 1 fully saturated rings. The van der Waals surface area contributed by atoms with Gasteiger partial charge in [0.1, 0.15) is 5.69 Å². The minimum absolute atomic E-state index is 0.0600. The SMILES string of the molecule is CC1(C(=O)Nc2cccc(NS(=O)(=O)c3ccc(-c4nnc(-c5cnccn5)o4)cc3)c2)CC1. The molecule has 2 aromatic carbocycles. The molecular weight excluding hydrogens is 456 g/mol. The molecule has 0 aliphatic heterocycles. The maximum Gasteiger partial charge on any atom is 0.268 e. The number of rotatable bonds is 7. The fourth-order valence-electron chi connectivity index (χ4n) is 3.20. The van der Waals surface area contributed by atoms with Crippen LogP contribution in [0.5, 0.6) is 0 Å². The van der Waals surface area contributed by atoms with E-state index < -0.39 is 10.0 Å². The van der Waals surface area contributed by atoms with Crippen LogP contribution in [-0.4, -0.2) is 34.5 Å². The number of hydrogen-bond acceptors (Lipinski definition) is 8. The molecule has 0 unspecified atom stereocenters. The lowest BCUT2D eigenvalue weighted by molar-refractivity contribution is -0.120. The molecule has 1 amide bonds. The smallest absolute Gasteiger partial charge is 0.268 e. The van der Waals surface area contributed by atoms with Crippen LogP contribution in [0.25, 0.3) is 23.0 Å². The van der Waals surface area contributed by atoms with Gasteiger partial charge < -0.3 is 9.73 Å². The zero-order valence-corrected chi connectivity index (χ0v) is 18.9. The summed E-state index contributed by atoms with van der Waals surface area (Å²) in [7, 11) is -3.86. The van der Waals surface area contributed by atoms with Crippen molar-refractivity contribution < 1.29 is 17.6 Å². The molecule has 1 aliphatic rings. The maximum atomic E-state index is 12.9. The monoisotopic (exact) mass is 476 g/mol. The number of sulfonamides is 1. The number of nitrogens with one attached hydrogen (secondary N) is 2. The molecule has 2 aromatic heterocycles. The first-order valence-electron chi connectivity index (χ1n) is 10.5. The lowest BCUT2D eigenvalue weighted by atomic mass is 10.1. The van der Waals surface area contributed by atoms with Crippen LogP contribution in [0.4, 0.5) is 11.4 Å². The van der Waals surface area contributed by atoms with Gasteiger partial charge >= 0.3 is 0 Å². The number of carbonyl (C=O) groups is 1. The second-order valence-electron chi connectivity index (χ2n) is 8.23. The highest BCUT2D eigenvalue weighted by Gasteiger charge is 2.44. The second-order valence-corrected chi connectivity index (χ2v) is 9.91. The van der Waals surface area contributed by atoms with Crippen molar-refractivity contribution in [2.45, 2.75) is 24.7 Å². The molecule has 0 atom stereocenters. The van der Waals surface area contributed by atoms with Crippen molar-refractivity contribution in [1.29, 1.82) is 0 Å². The van der Waals surface area contributed by atoms with E-state index >= 15 is 0 Å². The molecule has 0 bridgehead atoms. The molecule has 11 heteroatoms. The third kappa shape index (κ3) is 4.50. The van der Waals surface area contributed by atoms with Gasteiger partial charge in [0.2, 0.25) is 11.8 Å². The van der Waals surface area contributed by atoms with E-state index in [-0.39, 0.29) is 28.0 Å². The van der Waals surface area contributed by atoms with Crippen LogP contribution in [-0.2, 0) is 14.8 Å². The predicted octanol–water partition coefficient (Wildman–Crippen LogP) is 3.73. The van der Waals surface area contributed by atoms with E-state index in [9.17, 15) is 13.2 Å². The van der Waals surface area contributed by atoms with Gasteiger partial charge in [0.25, 0.3) is 15.9 Å². The highest BCUT2D eigenvalue weighted by Crippen LogP contribution is 2.45. The van der Waals surface area contributed by atoms with Gasteiger partial charge in [-0.25, -0.2) is 13.4 Å². The number of amides is 1. The standard InChI is InChI=1S/C23H20N6O4S/c1-23(9-10-23)22(30)26-16-3-2-4-17(13-16)29-34(31,32)18-7-5-15(6-8-18)20-27-28-21(33-20)19-14-24-11-12-25-19/h2-8,11-14,29H,9-10H2,1H3,(H,26,30). The Morgan fingerprint density at radius 3 is 2.44 bits per heavy atom. The van der Waals surface area contributed by atoms with Crippen LogP contribution >= 0.6 is 0 Å². The molecule has 0 radical (unpaired) electrons. The molecule has 172 valence electrons. The Bertz CT molecular complexity index is 1450. The molecule has 1 aliphatic carbocycles. The lowest BCUT2D eigenvalue weighted by Crippen LogP contribution is -2.21. The predicted molar refractivity (Wildman–Crippen MR) is 124 cm³/mol. The van der Waals surface area contributed by atoms with Crippen molar-refractivity contribution in [2.75, 3.05) is 10.0 Å². The molecule has 1 saturated carbocycles. The van der Waals surface area contributed by atoms with Crippen LogP contribution in [0.3, 0.4) is 0 Å². The summed E-state index contributed by atoms with van der Waals surface area (Å²) in [5.74, 6) is 0.376. The third-order valence-electron chi connectivity index (χ3n) is 5.54. The first-order chi connectivity index (χ1) is 16.3. The van der Waals surface area contributed by atoms with Crippen LogP contribution < -0.4 is 10.0 Å². The summed E-state index contributed by atoms with van der Waals surface area (Å²) >= 11 is 0. The van der Waals surface area contributed by atoms with Crippen molar-refractivity contribution in [2.24, 2.45) is 5.41 Å². The van der Waals surface area contributed by atoms with Crippen LogP contribution in [0.15, 0.2) is 76.4 Å². The van der Waals surface area contributed by atoms with Crippen LogP contribution in [0.1, 0.15) is 19.8 Å². The number of anilines is 2. The zero-order valence-electron chi connectivity index (χ0n) is 18.1. The van der Waals surface area contributed by atoms with Gasteiger partial charge in [-0.3, -0.25) is 14.5 Å². The molecule has 0 saturated heterocycles. The Morgan fingerprint density at radius 2 is 1.74 bits per heavy atom. The highest BCUT2D eigenvalue weighted by molar-refractivity contribution is 7.92. The molecule has 34 heavy (non-hydrogen) atoms. The highest BCUT2D eigenvalue weighted by atomic mass is 32.2. The van der Waals surface area contributed by atoms with Crippen LogP contribution in [0.2, 0.25) is 0 Å². The van der Waals surface area contributed by atoms with Crippen molar-refractivity contribution >= 4 is 27.3 Å². The van der Waals surface area contributed by atoms with E-state index in [4.69, 9.17) is 4.42 Å². The fraction of sp³-hybridized carbons (Fsp3) is 0.174. The Kier molecular flexibility index (Phi) is 5.33. The third-order valence-corrected chi connectivity index (χ3v) is 6.94. The summed E-state index contributed by atoms with van der Waals surface area (Å²) in [6.45, 7) is 1.91. The molecule has 2 heterocycles. The second kappa shape index (κ2) is 8.34. The maximum absolute atomic E-state index is 12.9. The number of benzene rings is 2. The Labute approximate surface area is 195 Å². The van der Waals surface area contributed by atoms with Crippen LogP contribution in [0, 0.1) is 5.41 Å². The summed E-state index contributed by atoms with van der Waals surface area (Å²) in [4.78, 5) is 20.4. The lowest BCUT2D eigenvalue weighted by Gasteiger charge is -2.12. The number of aromatic nitrogens is 4. The van der Waals surface area contributed by atoms with E-state index in [0.717, 1.165) is 12.8 Å². The number of carbonyl (C=O) groups excluding carboxylic acids is 1. The Hall–Kier alpha value is -4.12. The van der Waals surface area contributed by atoms with E-state index in [1.165, 1.54) is 30.7 Å². The van der Waals surface area contributed by atoms with Crippen molar-refractivity contribution in [3.63, 3.8) is 0 Å². The molecule has 0 spiro atoms. The van der Waals surface area contributed by atoms with Gasteiger partial charge in [-0.1, -0.05) is 13.0 Å². The van der Waals surface area contributed by atoms with Gasteiger partial charge in [0.15, 0.2) is 0 Å². The normalized spacial score (nSPS) is 14.4. The summed E-state index contributed by atoms with van der Waals surface area (Å²) in [6, 6.07) is 12.7. The minimum atomic E-state index is -3.86. The van der Waals surface area contributed by atoms with E-state index in [0.29, 0.717) is 22.6 Å². The zero-order chi connectivity index (χ0) is 23.8. The topological polar surface area (TPSA) is 140 Å². The van der Waals surface area contributed by atoms with Crippen molar-refractivity contribution in [3.05, 3.63) is 67.1 Å². The molecule has 2 N–H and O–H groups in total. The summed E-state index contributed by atoms with van der Waals surface area (Å²) in [5.41, 5.74) is 1.54. The summed E-state index contributed by atoms with van der Waals surface area (Å²) < 4.78 is 33.9. The first-order valence-corrected chi connectivity index (χ1v) is 12.0. The fourth-order valence-corrected chi connectivity index (χ4v) is 4.25. The Morgan fingerprint density at radius 1 is 1.00 bits per heavy atom. The molecule has 4 aromatic rings. The quantitative estimate of drug-likeness (QED) is 0.411. The van der Waals surface area contributed by atoms with E-state index in [1.54, 1.807) is 36.4 Å². The molecular formula is C23H20N6O4S.